The zero-order valence-electron chi connectivity index (χ0n) is 21.9. The molecule has 4 rings (SSSR count). The van der Waals surface area contributed by atoms with Crippen LogP contribution in [0.15, 0.2) is 77.7 Å². The maximum absolute atomic E-state index is 13.6. The van der Waals surface area contributed by atoms with Crippen molar-refractivity contribution in [2.45, 2.75) is 37.6 Å². The highest BCUT2D eigenvalue weighted by molar-refractivity contribution is 7.92. The number of methoxy groups -OCH3 is 1. The van der Waals surface area contributed by atoms with Gasteiger partial charge >= 0.3 is 0 Å². The molecule has 0 saturated carbocycles. The average Bonchev–Trinajstić information content (AvgIpc) is 2.92. The summed E-state index contributed by atoms with van der Waals surface area (Å²) in [4.78, 5) is 15.6. The second-order valence-electron chi connectivity index (χ2n) is 9.69. The van der Waals surface area contributed by atoms with Crippen molar-refractivity contribution in [1.82, 2.24) is 5.32 Å². The van der Waals surface area contributed by atoms with Crippen molar-refractivity contribution in [3.05, 3.63) is 83.4 Å². The van der Waals surface area contributed by atoms with Gasteiger partial charge in [-0.15, -0.1) is 0 Å². The van der Waals surface area contributed by atoms with E-state index in [9.17, 15) is 13.2 Å². The number of nitrogens with zero attached hydrogens (tertiary/aromatic N) is 2. The number of nitrogens with one attached hydrogen (secondary N) is 1. The van der Waals surface area contributed by atoms with Crippen molar-refractivity contribution < 1.29 is 17.9 Å². The maximum atomic E-state index is 13.6. The van der Waals surface area contributed by atoms with Crippen LogP contribution in [0.2, 0.25) is 5.02 Å². The molecule has 3 aromatic carbocycles. The zero-order valence-corrected chi connectivity index (χ0v) is 23.5. The Morgan fingerprint density at radius 2 is 1.74 bits per heavy atom. The second kappa shape index (κ2) is 12.1. The van der Waals surface area contributed by atoms with Gasteiger partial charge in [-0.25, -0.2) is 8.42 Å². The van der Waals surface area contributed by atoms with Crippen molar-refractivity contribution in [2.75, 3.05) is 35.9 Å². The van der Waals surface area contributed by atoms with Crippen LogP contribution in [0.4, 0.5) is 11.4 Å². The first-order valence-corrected chi connectivity index (χ1v) is 14.6. The van der Waals surface area contributed by atoms with Crippen LogP contribution in [0.1, 0.15) is 38.3 Å². The van der Waals surface area contributed by atoms with Gasteiger partial charge in [-0.2, -0.15) is 0 Å². The van der Waals surface area contributed by atoms with Crippen molar-refractivity contribution in [3.8, 4) is 5.75 Å². The Bertz CT molecular complexity index is 1340. The monoisotopic (exact) mass is 555 g/mol. The first-order valence-electron chi connectivity index (χ1n) is 12.7. The Balaban J connectivity index is 1.51. The highest BCUT2D eigenvalue weighted by atomic mass is 35.5. The lowest BCUT2D eigenvalue weighted by molar-refractivity contribution is -0.120. The summed E-state index contributed by atoms with van der Waals surface area (Å²) in [7, 11) is -2.56. The maximum Gasteiger partial charge on any atom is 0.264 e. The van der Waals surface area contributed by atoms with E-state index in [1.165, 1.54) is 43.8 Å². The van der Waals surface area contributed by atoms with E-state index in [0.717, 1.165) is 28.9 Å². The van der Waals surface area contributed by atoms with Crippen LogP contribution >= 0.6 is 11.6 Å². The van der Waals surface area contributed by atoms with Gasteiger partial charge in [-0.3, -0.25) is 9.10 Å². The fourth-order valence-electron chi connectivity index (χ4n) is 4.59. The van der Waals surface area contributed by atoms with E-state index in [0.29, 0.717) is 5.75 Å². The van der Waals surface area contributed by atoms with Gasteiger partial charge in [0.1, 0.15) is 12.3 Å². The first kappa shape index (κ1) is 27.8. The SMILES string of the molecule is COc1ccc(N(CC(=O)NC(C)c2ccc(N3CCC(C)CC3)cc2)S(=O)(=O)c2ccccc2)cc1Cl. The van der Waals surface area contributed by atoms with E-state index in [1.54, 1.807) is 30.3 Å². The predicted molar refractivity (Wildman–Crippen MR) is 153 cm³/mol. The lowest BCUT2D eigenvalue weighted by Crippen LogP contribution is -2.41. The Morgan fingerprint density at radius 1 is 1.08 bits per heavy atom. The van der Waals surface area contributed by atoms with E-state index in [4.69, 9.17) is 16.3 Å². The molecule has 1 amide bonds. The third-order valence-electron chi connectivity index (χ3n) is 6.96. The molecule has 0 aliphatic carbocycles. The molecule has 1 heterocycles. The van der Waals surface area contributed by atoms with Gasteiger partial charge in [0.25, 0.3) is 10.0 Å². The fourth-order valence-corrected chi connectivity index (χ4v) is 6.27. The molecular formula is C29H34ClN3O4S. The van der Waals surface area contributed by atoms with Crippen molar-refractivity contribution in [1.29, 1.82) is 0 Å². The second-order valence-corrected chi connectivity index (χ2v) is 12.0. The number of anilines is 2. The molecular weight excluding hydrogens is 522 g/mol. The third kappa shape index (κ3) is 6.42. The molecule has 0 aromatic heterocycles. The summed E-state index contributed by atoms with van der Waals surface area (Å²) in [6.45, 7) is 5.87. The fraction of sp³-hybridized carbons (Fsp3) is 0.345. The van der Waals surface area contributed by atoms with Crippen molar-refractivity contribution in [2.24, 2.45) is 5.92 Å². The number of benzene rings is 3. The van der Waals surface area contributed by atoms with E-state index in [2.05, 4.69) is 29.3 Å². The lowest BCUT2D eigenvalue weighted by Gasteiger charge is -2.32. The van der Waals surface area contributed by atoms with Crippen LogP contribution in [-0.4, -0.2) is 41.1 Å². The molecule has 3 aromatic rings. The molecule has 0 radical (unpaired) electrons. The van der Waals surface area contributed by atoms with Crippen LogP contribution in [0, 0.1) is 5.92 Å². The highest BCUT2D eigenvalue weighted by Gasteiger charge is 2.28. The number of sulfonamides is 1. The summed E-state index contributed by atoms with van der Waals surface area (Å²) in [5.41, 5.74) is 2.38. The molecule has 9 heteroatoms. The topological polar surface area (TPSA) is 79.0 Å². The Kier molecular flexibility index (Phi) is 8.84. The van der Waals surface area contributed by atoms with Gasteiger partial charge in [-0.05, 0) is 73.7 Å². The van der Waals surface area contributed by atoms with Crippen LogP contribution < -0.4 is 19.3 Å². The Morgan fingerprint density at radius 3 is 2.34 bits per heavy atom. The van der Waals surface area contributed by atoms with E-state index in [1.807, 2.05) is 19.1 Å². The van der Waals surface area contributed by atoms with Gasteiger partial charge in [0.05, 0.1) is 28.8 Å². The van der Waals surface area contributed by atoms with E-state index >= 15 is 0 Å². The molecule has 1 N–H and O–H groups in total. The Labute approximate surface area is 230 Å². The molecule has 1 aliphatic rings. The molecule has 1 unspecified atom stereocenters. The average molecular weight is 556 g/mol. The third-order valence-corrected chi connectivity index (χ3v) is 9.04. The molecule has 1 aliphatic heterocycles. The van der Waals surface area contributed by atoms with Crippen LogP contribution in [0.25, 0.3) is 0 Å². The zero-order chi connectivity index (χ0) is 27.3. The number of piperidine rings is 1. The normalized spacial score (nSPS) is 15.1. The summed E-state index contributed by atoms with van der Waals surface area (Å²) in [6.07, 6.45) is 2.38. The molecule has 1 atom stereocenters. The van der Waals surface area contributed by atoms with Gasteiger partial charge in [0.15, 0.2) is 0 Å². The number of carbonyl (C=O) groups excluding carboxylic acids is 1. The van der Waals surface area contributed by atoms with Gasteiger partial charge in [-0.1, -0.05) is 48.9 Å². The number of halogens is 1. The predicted octanol–water partition coefficient (Wildman–Crippen LogP) is 5.66. The number of amides is 1. The minimum atomic E-state index is -4.04. The highest BCUT2D eigenvalue weighted by Crippen LogP contribution is 2.32. The summed E-state index contributed by atoms with van der Waals surface area (Å²) in [5, 5.41) is 3.19. The van der Waals surface area contributed by atoms with Crippen molar-refractivity contribution >= 4 is 38.9 Å². The molecule has 202 valence electrons. The van der Waals surface area contributed by atoms with Crippen molar-refractivity contribution in [3.63, 3.8) is 0 Å². The summed E-state index contributed by atoms with van der Waals surface area (Å²) in [6, 6.07) is 20.5. The standard InChI is InChI=1S/C29H34ClN3O4S/c1-21-15-17-32(18-16-21)24-11-9-23(10-12-24)22(2)31-29(34)20-33(25-13-14-28(37-3)27(30)19-25)38(35,36)26-7-5-4-6-8-26/h4-14,19,21-22H,15-18,20H2,1-3H3,(H,31,34). The van der Waals surface area contributed by atoms with Gasteiger partial charge < -0.3 is 15.0 Å². The molecule has 38 heavy (non-hydrogen) atoms. The lowest BCUT2D eigenvalue weighted by atomic mass is 9.98. The van der Waals surface area contributed by atoms with Gasteiger partial charge in [0.2, 0.25) is 5.91 Å². The number of hydrogen-bond donors (Lipinski definition) is 1. The molecule has 0 spiro atoms. The summed E-state index contributed by atoms with van der Waals surface area (Å²) < 4.78 is 33.4. The van der Waals surface area contributed by atoms with Gasteiger partial charge in [0, 0.05) is 18.8 Å². The van der Waals surface area contributed by atoms with Crippen LogP contribution in [0.5, 0.6) is 5.75 Å². The molecule has 0 bridgehead atoms. The minimum Gasteiger partial charge on any atom is -0.495 e. The smallest absolute Gasteiger partial charge is 0.264 e. The first-order chi connectivity index (χ1) is 18.2. The quantitative estimate of drug-likeness (QED) is 0.369. The summed E-state index contributed by atoms with van der Waals surface area (Å²) in [5.74, 6) is 0.742. The summed E-state index contributed by atoms with van der Waals surface area (Å²) >= 11 is 6.30. The van der Waals surface area contributed by atoms with E-state index < -0.39 is 22.5 Å². The molecule has 7 nitrogen and oxygen atoms in total. The number of rotatable bonds is 9. The van der Waals surface area contributed by atoms with Crippen LogP contribution in [-0.2, 0) is 14.8 Å². The molecule has 1 saturated heterocycles. The number of carbonyl (C=O) groups is 1. The number of ether oxygens (including phenoxy) is 1. The molecule has 1 fully saturated rings. The number of hydrogen-bond acceptors (Lipinski definition) is 5. The minimum absolute atomic E-state index is 0.0792. The largest absolute Gasteiger partial charge is 0.495 e. The van der Waals surface area contributed by atoms with Crippen LogP contribution in [0.3, 0.4) is 0 Å². The van der Waals surface area contributed by atoms with E-state index in [-0.39, 0.29) is 21.6 Å². The Hall–Kier alpha value is -3.23.